The van der Waals surface area contributed by atoms with Crippen molar-refractivity contribution in [3.63, 3.8) is 0 Å². The second kappa shape index (κ2) is 9.73. The van der Waals surface area contributed by atoms with Gasteiger partial charge >= 0.3 is 5.97 Å². The number of unbranched alkanes of at least 4 members (excludes halogenated alkanes) is 1. The molecular formula is C29H25N5O3. The summed E-state index contributed by atoms with van der Waals surface area (Å²) in [5, 5.41) is 27.9. The Morgan fingerprint density at radius 1 is 0.892 bits per heavy atom. The molecule has 0 unspecified atom stereocenters. The van der Waals surface area contributed by atoms with Gasteiger partial charge in [0.1, 0.15) is 5.75 Å². The van der Waals surface area contributed by atoms with E-state index < -0.39 is 5.97 Å². The lowest BCUT2D eigenvalue weighted by molar-refractivity contribution is -0.137. The van der Waals surface area contributed by atoms with Crippen molar-refractivity contribution in [2.75, 3.05) is 6.61 Å². The summed E-state index contributed by atoms with van der Waals surface area (Å²) in [6.45, 7) is 1.09. The number of ether oxygens (including phenoxy) is 1. The molecular weight excluding hydrogens is 466 g/mol. The maximum atomic E-state index is 10.9. The number of aliphatic carboxylic acids is 1. The van der Waals surface area contributed by atoms with Crippen molar-refractivity contribution in [3.8, 4) is 17.1 Å². The molecule has 0 bridgehead atoms. The van der Waals surface area contributed by atoms with Crippen LogP contribution in [-0.2, 0) is 11.3 Å². The highest BCUT2D eigenvalue weighted by atomic mass is 16.5. The van der Waals surface area contributed by atoms with Crippen molar-refractivity contribution < 1.29 is 14.6 Å². The van der Waals surface area contributed by atoms with Gasteiger partial charge in [-0.3, -0.25) is 4.79 Å². The maximum absolute atomic E-state index is 10.9. The Bertz CT molecular complexity index is 1720. The molecule has 0 radical (unpaired) electrons. The summed E-state index contributed by atoms with van der Waals surface area (Å²) in [7, 11) is 0. The second-order valence-corrected chi connectivity index (χ2v) is 9.04. The first-order valence-electron chi connectivity index (χ1n) is 12.3. The van der Waals surface area contributed by atoms with E-state index in [0.717, 1.165) is 49.5 Å². The number of aromatic nitrogens is 5. The van der Waals surface area contributed by atoms with E-state index in [2.05, 4.69) is 85.9 Å². The number of fused-ring (bicyclic) bond motifs is 4. The Balaban J connectivity index is 1.42. The lowest BCUT2D eigenvalue weighted by Crippen LogP contribution is -2.06. The van der Waals surface area contributed by atoms with Crippen molar-refractivity contribution >= 4 is 38.5 Å². The molecule has 8 nitrogen and oxygen atoms in total. The quantitative estimate of drug-likeness (QED) is 0.247. The van der Waals surface area contributed by atoms with Gasteiger partial charge in [0.25, 0.3) is 0 Å². The zero-order valence-corrected chi connectivity index (χ0v) is 20.1. The zero-order chi connectivity index (χ0) is 25.2. The predicted octanol–water partition coefficient (Wildman–Crippen LogP) is 5.81. The largest absolute Gasteiger partial charge is 0.493 e. The summed E-state index contributed by atoms with van der Waals surface area (Å²) < 4.78 is 8.65. The van der Waals surface area contributed by atoms with Crippen LogP contribution in [0.3, 0.4) is 0 Å². The van der Waals surface area contributed by atoms with Gasteiger partial charge in [0.05, 0.1) is 13.2 Å². The Morgan fingerprint density at radius 2 is 1.70 bits per heavy atom. The smallest absolute Gasteiger partial charge is 0.303 e. The van der Waals surface area contributed by atoms with Crippen molar-refractivity contribution in [2.45, 2.75) is 25.8 Å². The number of carboxylic acids is 1. The molecule has 6 rings (SSSR count). The fourth-order valence-electron chi connectivity index (χ4n) is 4.95. The number of para-hydroxylation sites is 1. The average Bonchev–Trinajstić information content (AvgIpc) is 3.56. The third kappa shape index (κ3) is 4.38. The molecule has 4 aromatic carbocycles. The summed E-state index contributed by atoms with van der Waals surface area (Å²) in [5.41, 5.74) is 4.21. The van der Waals surface area contributed by atoms with Gasteiger partial charge in [-0.25, -0.2) is 0 Å². The van der Waals surface area contributed by atoms with Gasteiger partial charge < -0.3 is 14.4 Å². The predicted molar refractivity (Wildman–Crippen MR) is 143 cm³/mol. The topological polar surface area (TPSA) is 106 Å². The number of hydrogen-bond acceptors (Lipinski definition) is 5. The minimum absolute atomic E-state index is 0.152. The van der Waals surface area contributed by atoms with E-state index in [1.165, 1.54) is 0 Å². The summed E-state index contributed by atoms with van der Waals surface area (Å²) >= 11 is 0. The van der Waals surface area contributed by atoms with Gasteiger partial charge in [-0.15, -0.1) is 10.2 Å². The number of nitrogens with zero attached hydrogens (tertiary/aromatic N) is 4. The third-order valence-electron chi connectivity index (χ3n) is 6.70. The Labute approximate surface area is 212 Å². The lowest BCUT2D eigenvalue weighted by Gasteiger charge is -2.16. The molecule has 0 saturated heterocycles. The van der Waals surface area contributed by atoms with Gasteiger partial charge in [-0.2, -0.15) is 5.21 Å². The molecule has 37 heavy (non-hydrogen) atoms. The Kier molecular flexibility index (Phi) is 5.98. The number of carboxylic acid groups (broad SMARTS) is 1. The standard InChI is InChI=1S/C29H25N5O3/c35-27(36)11-5-6-16-37-28-21(13-12-19-7-1-2-8-22(19)28)18-34-25-10-4-3-9-23(25)24-17-20(14-15-26(24)34)29-30-32-33-31-29/h1-4,7-10,12-15,17H,5-6,11,16,18H2,(H,35,36)(H,30,31,32,33). The van der Waals surface area contributed by atoms with Crippen molar-refractivity contribution in [1.82, 2.24) is 25.2 Å². The summed E-state index contributed by atoms with van der Waals surface area (Å²) in [5.74, 6) is 0.634. The van der Waals surface area contributed by atoms with Crippen LogP contribution in [-0.4, -0.2) is 42.9 Å². The van der Waals surface area contributed by atoms with Crippen LogP contribution < -0.4 is 4.74 Å². The van der Waals surface area contributed by atoms with Gasteiger partial charge in [0.15, 0.2) is 0 Å². The molecule has 6 aromatic rings. The molecule has 0 amide bonds. The molecule has 0 aliphatic rings. The highest BCUT2D eigenvalue weighted by molar-refractivity contribution is 6.09. The molecule has 0 saturated carbocycles. The lowest BCUT2D eigenvalue weighted by atomic mass is 10.0. The van der Waals surface area contributed by atoms with Gasteiger partial charge in [-0.1, -0.05) is 54.6 Å². The molecule has 0 aliphatic carbocycles. The van der Waals surface area contributed by atoms with E-state index in [4.69, 9.17) is 9.84 Å². The van der Waals surface area contributed by atoms with Crippen LogP contribution in [0.1, 0.15) is 24.8 Å². The summed E-state index contributed by atoms with van der Waals surface area (Å²) in [6, 6.07) is 27.1. The number of aromatic amines is 1. The van der Waals surface area contributed by atoms with Gasteiger partial charge in [0.2, 0.25) is 5.82 Å². The second-order valence-electron chi connectivity index (χ2n) is 9.04. The SMILES string of the molecule is O=C(O)CCCCOc1c(Cn2c3ccccc3c3cc(-c4nn[nH]n4)ccc32)ccc2ccccc12. The first-order chi connectivity index (χ1) is 18.2. The number of hydrogen-bond donors (Lipinski definition) is 2. The molecule has 0 aliphatic heterocycles. The van der Waals surface area contributed by atoms with Crippen molar-refractivity contribution in [3.05, 3.63) is 84.4 Å². The molecule has 0 spiro atoms. The van der Waals surface area contributed by atoms with Crippen LogP contribution in [0.15, 0.2) is 78.9 Å². The Hall–Kier alpha value is -4.72. The van der Waals surface area contributed by atoms with Crippen LogP contribution in [0.5, 0.6) is 5.75 Å². The van der Waals surface area contributed by atoms with E-state index in [-0.39, 0.29) is 6.42 Å². The number of carbonyl (C=O) groups is 1. The summed E-state index contributed by atoms with van der Waals surface area (Å²) in [4.78, 5) is 10.9. The molecule has 0 atom stereocenters. The minimum Gasteiger partial charge on any atom is -0.493 e. The molecule has 2 aromatic heterocycles. The van der Waals surface area contributed by atoms with Crippen LogP contribution in [0, 0.1) is 0 Å². The molecule has 2 N–H and O–H groups in total. The fourth-order valence-corrected chi connectivity index (χ4v) is 4.95. The fraction of sp³-hybridized carbons (Fsp3) is 0.172. The third-order valence-corrected chi connectivity index (χ3v) is 6.70. The Morgan fingerprint density at radius 3 is 2.54 bits per heavy atom. The number of tetrazole rings is 1. The normalized spacial score (nSPS) is 11.5. The number of benzene rings is 4. The first kappa shape index (κ1) is 22.7. The number of rotatable bonds is 9. The maximum Gasteiger partial charge on any atom is 0.303 e. The van der Waals surface area contributed by atoms with Crippen molar-refractivity contribution in [1.29, 1.82) is 0 Å². The van der Waals surface area contributed by atoms with Crippen LogP contribution >= 0.6 is 0 Å². The van der Waals surface area contributed by atoms with Gasteiger partial charge in [0, 0.05) is 44.7 Å². The van der Waals surface area contributed by atoms with Crippen LogP contribution in [0.4, 0.5) is 0 Å². The van der Waals surface area contributed by atoms with E-state index >= 15 is 0 Å². The highest BCUT2D eigenvalue weighted by Crippen LogP contribution is 2.35. The van der Waals surface area contributed by atoms with Crippen molar-refractivity contribution in [2.24, 2.45) is 0 Å². The highest BCUT2D eigenvalue weighted by Gasteiger charge is 2.16. The molecule has 184 valence electrons. The summed E-state index contributed by atoms with van der Waals surface area (Å²) in [6.07, 6.45) is 1.42. The number of H-pyrrole nitrogens is 1. The molecule has 2 heterocycles. The molecule has 8 heteroatoms. The average molecular weight is 492 g/mol. The first-order valence-corrected chi connectivity index (χ1v) is 12.3. The van der Waals surface area contributed by atoms with Gasteiger partial charge in [-0.05, 0) is 47.7 Å². The van der Waals surface area contributed by atoms with E-state index in [0.29, 0.717) is 31.8 Å². The monoisotopic (exact) mass is 491 g/mol. The number of nitrogens with one attached hydrogen (secondary N) is 1. The van der Waals surface area contributed by atoms with Crippen LogP contribution in [0.2, 0.25) is 0 Å². The van der Waals surface area contributed by atoms with Crippen LogP contribution in [0.25, 0.3) is 44.0 Å². The van der Waals surface area contributed by atoms with E-state index in [9.17, 15) is 4.79 Å². The minimum atomic E-state index is -0.778. The molecule has 0 fully saturated rings. The van der Waals surface area contributed by atoms with E-state index in [1.54, 1.807) is 0 Å². The zero-order valence-electron chi connectivity index (χ0n) is 20.1. The van der Waals surface area contributed by atoms with E-state index in [1.807, 2.05) is 18.2 Å².